The third-order valence-electron chi connectivity index (χ3n) is 3.93. The Morgan fingerprint density at radius 2 is 1.86 bits per heavy atom. The monoisotopic (exact) mass is 415 g/mol. The maximum absolute atomic E-state index is 12.8. The van der Waals surface area contributed by atoms with Gasteiger partial charge < -0.3 is 10.6 Å². The summed E-state index contributed by atoms with van der Waals surface area (Å²) in [7, 11) is 0. The number of para-hydroxylation sites is 1. The number of carbonyl (C=O) groups is 4. The van der Waals surface area contributed by atoms with Crippen LogP contribution in [0.25, 0.3) is 6.08 Å². The zero-order valence-electron chi connectivity index (χ0n) is 14.7. The Morgan fingerprint density at radius 3 is 2.50 bits per heavy atom. The first kappa shape index (κ1) is 19.8. The van der Waals surface area contributed by atoms with Gasteiger partial charge in [0, 0.05) is 23.5 Å². The number of thiophene rings is 1. The molecule has 9 heteroatoms. The molecule has 4 amide bonds. The van der Waals surface area contributed by atoms with Crippen molar-refractivity contribution in [1.82, 2.24) is 4.90 Å². The van der Waals surface area contributed by atoms with Crippen molar-refractivity contribution in [2.75, 3.05) is 18.0 Å². The van der Waals surface area contributed by atoms with E-state index >= 15 is 0 Å². The number of carbonyl (C=O) groups excluding carboxylic acids is 4. The molecule has 1 aromatic carbocycles. The first-order valence-electron chi connectivity index (χ1n) is 8.38. The Kier molecular flexibility index (Phi) is 6.27. The van der Waals surface area contributed by atoms with Gasteiger partial charge in [-0.05, 0) is 41.4 Å². The maximum atomic E-state index is 12.8. The molecule has 1 aromatic heterocycles. The van der Waals surface area contributed by atoms with Crippen LogP contribution in [-0.2, 0) is 14.4 Å². The highest BCUT2D eigenvalue weighted by atomic mass is 32.2. The second-order valence-corrected chi connectivity index (χ2v) is 7.85. The number of hydrogen-bond acceptors (Lipinski definition) is 6. The van der Waals surface area contributed by atoms with Crippen LogP contribution in [0.4, 0.5) is 10.5 Å². The number of rotatable bonds is 7. The average Bonchev–Trinajstić information content (AvgIpc) is 3.27. The molecular formula is C19H17N3O4S2. The van der Waals surface area contributed by atoms with Gasteiger partial charge in [0.1, 0.15) is 6.54 Å². The van der Waals surface area contributed by atoms with E-state index in [9.17, 15) is 19.2 Å². The standard InChI is InChI=1S/C19H17N3O4S2/c20-16(23)8-9-21(13-5-2-1-3-6-13)17(24)12-22-18(25)15(28-19(22)26)11-14-7-4-10-27-14/h1-7,10-11H,8-9,12H2,(H2,20,23)/b15-11-. The van der Waals surface area contributed by atoms with Crippen LogP contribution in [0.2, 0.25) is 0 Å². The third kappa shape index (κ3) is 4.68. The van der Waals surface area contributed by atoms with Crippen LogP contribution >= 0.6 is 23.1 Å². The Labute approximate surface area is 169 Å². The van der Waals surface area contributed by atoms with Gasteiger partial charge in [-0.15, -0.1) is 11.3 Å². The molecular weight excluding hydrogens is 398 g/mol. The van der Waals surface area contributed by atoms with E-state index < -0.39 is 29.5 Å². The van der Waals surface area contributed by atoms with E-state index in [-0.39, 0.29) is 17.9 Å². The molecule has 0 unspecified atom stereocenters. The molecule has 7 nitrogen and oxygen atoms in total. The summed E-state index contributed by atoms with van der Waals surface area (Å²) in [5.74, 6) is -1.51. The smallest absolute Gasteiger partial charge is 0.294 e. The molecule has 28 heavy (non-hydrogen) atoms. The van der Waals surface area contributed by atoms with Crippen LogP contribution in [0.5, 0.6) is 0 Å². The summed E-state index contributed by atoms with van der Waals surface area (Å²) < 4.78 is 0. The number of primary amides is 1. The molecule has 0 spiro atoms. The van der Waals surface area contributed by atoms with Crippen molar-refractivity contribution in [3.05, 3.63) is 57.6 Å². The van der Waals surface area contributed by atoms with Crippen molar-refractivity contribution in [2.45, 2.75) is 6.42 Å². The summed E-state index contributed by atoms with van der Waals surface area (Å²) in [5.41, 5.74) is 5.77. The molecule has 0 bridgehead atoms. The van der Waals surface area contributed by atoms with Crippen LogP contribution in [-0.4, -0.2) is 41.0 Å². The number of amides is 4. The van der Waals surface area contributed by atoms with Crippen molar-refractivity contribution in [2.24, 2.45) is 5.73 Å². The van der Waals surface area contributed by atoms with E-state index in [4.69, 9.17) is 5.73 Å². The van der Waals surface area contributed by atoms with Gasteiger partial charge in [-0.25, -0.2) is 0 Å². The SMILES string of the molecule is NC(=O)CCN(C(=O)CN1C(=O)S/C(=C\c2cccs2)C1=O)c1ccccc1. The highest BCUT2D eigenvalue weighted by Gasteiger charge is 2.37. The molecule has 0 aliphatic carbocycles. The number of hydrogen-bond donors (Lipinski definition) is 1. The summed E-state index contributed by atoms with van der Waals surface area (Å²) >= 11 is 2.26. The molecule has 1 aliphatic heterocycles. The van der Waals surface area contributed by atoms with Crippen molar-refractivity contribution >= 4 is 57.8 Å². The zero-order valence-corrected chi connectivity index (χ0v) is 16.4. The number of anilines is 1. The topological polar surface area (TPSA) is 101 Å². The predicted octanol–water partition coefficient (Wildman–Crippen LogP) is 2.69. The summed E-state index contributed by atoms with van der Waals surface area (Å²) in [4.78, 5) is 52.2. The van der Waals surface area contributed by atoms with Crippen LogP contribution in [0.15, 0.2) is 52.7 Å². The fraction of sp³-hybridized carbons (Fsp3) is 0.158. The van der Waals surface area contributed by atoms with Gasteiger partial charge in [0.2, 0.25) is 11.8 Å². The quantitative estimate of drug-likeness (QED) is 0.701. The molecule has 2 heterocycles. The zero-order chi connectivity index (χ0) is 20.1. The van der Waals surface area contributed by atoms with Gasteiger partial charge >= 0.3 is 0 Å². The van der Waals surface area contributed by atoms with Crippen molar-refractivity contribution in [1.29, 1.82) is 0 Å². The predicted molar refractivity (Wildman–Crippen MR) is 110 cm³/mol. The van der Waals surface area contributed by atoms with E-state index in [0.717, 1.165) is 21.5 Å². The lowest BCUT2D eigenvalue weighted by atomic mass is 10.2. The van der Waals surface area contributed by atoms with E-state index in [1.54, 1.807) is 36.4 Å². The number of nitrogens with zero attached hydrogens (tertiary/aromatic N) is 2. The molecule has 144 valence electrons. The molecule has 3 rings (SSSR count). The lowest BCUT2D eigenvalue weighted by molar-refractivity contribution is -0.128. The lowest BCUT2D eigenvalue weighted by Gasteiger charge is -2.24. The van der Waals surface area contributed by atoms with Crippen molar-refractivity contribution in [3.8, 4) is 0 Å². The molecule has 2 N–H and O–H groups in total. The van der Waals surface area contributed by atoms with Crippen LogP contribution < -0.4 is 10.6 Å². The molecule has 0 radical (unpaired) electrons. The minimum atomic E-state index is -0.543. The van der Waals surface area contributed by atoms with Crippen LogP contribution in [0.1, 0.15) is 11.3 Å². The Hall–Kier alpha value is -2.91. The normalized spacial score (nSPS) is 15.3. The highest BCUT2D eigenvalue weighted by molar-refractivity contribution is 8.18. The van der Waals surface area contributed by atoms with Crippen LogP contribution in [0.3, 0.4) is 0 Å². The molecule has 0 atom stereocenters. The van der Waals surface area contributed by atoms with Gasteiger partial charge in [0.05, 0.1) is 4.91 Å². The fourth-order valence-corrected chi connectivity index (χ4v) is 4.15. The third-order valence-corrected chi connectivity index (χ3v) is 5.66. The summed E-state index contributed by atoms with van der Waals surface area (Å²) in [6.45, 7) is -0.334. The van der Waals surface area contributed by atoms with Gasteiger partial charge in [0.15, 0.2) is 0 Å². The van der Waals surface area contributed by atoms with Gasteiger partial charge in [0.25, 0.3) is 11.1 Å². The number of benzene rings is 1. The van der Waals surface area contributed by atoms with E-state index in [1.165, 1.54) is 16.2 Å². The second-order valence-electron chi connectivity index (χ2n) is 5.88. The summed E-state index contributed by atoms with van der Waals surface area (Å²) in [6, 6.07) is 12.4. The summed E-state index contributed by atoms with van der Waals surface area (Å²) in [6.07, 6.45) is 1.61. The Bertz CT molecular complexity index is 926. The fourth-order valence-electron chi connectivity index (χ4n) is 2.59. The van der Waals surface area contributed by atoms with Gasteiger partial charge in [-0.3, -0.25) is 24.1 Å². The molecule has 1 aliphatic rings. The lowest BCUT2D eigenvalue weighted by Crippen LogP contribution is -2.43. The first-order chi connectivity index (χ1) is 13.5. The number of imide groups is 1. The van der Waals surface area contributed by atoms with Gasteiger partial charge in [-0.2, -0.15) is 0 Å². The van der Waals surface area contributed by atoms with Gasteiger partial charge in [-0.1, -0.05) is 24.3 Å². The number of nitrogens with two attached hydrogens (primary N) is 1. The number of thioether (sulfide) groups is 1. The Balaban J connectivity index is 1.76. The second kappa shape index (κ2) is 8.85. The minimum absolute atomic E-state index is 0.0270. The van der Waals surface area contributed by atoms with E-state index in [1.807, 2.05) is 17.5 Å². The average molecular weight is 415 g/mol. The highest BCUT2D eigenvalue weighted by Crippen LogP contribution is 2.33. The molecule has 1 saturated heterocycles. The maximum Gasteiger partial charge on any atom is 0.294 e. The summed E-state index contributed by atoms with van der Waals surface area (Å²) in [5, 5.41) is 1.37. The van der Waals surface area contributed by atoms with Crippen LogP contribution in [0, 0.1) is 0 Å². The van der Waals surface area contributed by atoms with Crippen molar-refractivity contribution in [3.63, 3.8) is 0 Å². The molecule has 2 aromatic rings. The minimum Gasteiger partial charge on any atom is -0.370 e. The molecule has 1 fully saturated rings. The Morgan fingerprint density at radius 1 is 1.11 bits per heavy atom. The largest absolute Gasteiger partial charge is 0.370 e. The van der Waals surface area contributed by atoms with Crippen molar-refractivity contribution < 1.29 is 19.2 Å². The first-order valence-corrected chi connectivity index (χ1v) is 10.1. The molecule has 0 saturated carbocycles. The van der Waals surface area contributed by atoms with E-state index in [0.29, 0.717) is 5.69 Å². The van der Waals surface area contributed by atoms with E-state index in [2.05, 4.69) is 0 Å².